The molecule has 0 saturated carbocycles. The van der Waals surface area contributed by atoms with E-state index in [9.17, 15) is 14.4 Å². The van der Waals surface area contributed by atoms with E-state index < -0.39 is 17.7 Å². The Kier molecular flexibility index (Phi) is 7.99. The van der Waals surface area contributed by atoms with Gasteiger partial charge < -0.3 is 19.1 Å². The lowest BCUT2D eigenvalue weighted by atomic mass is 9.95. The maximum Gasteiger partial charge on any atom is 0.333 e. The van der Waals surface area contributed by atoms with Gasteiger partial charge in [0.15, 0.2) is 0 Å². The number of hydrogen-bond acceptors (Lipinski definition) is 5. The fraction of sp³-hybridized carbons (Fsp3) is 0.667. The van der Waals surface area contributed by atoms with Crippen LogP contribution in [0.15, 0.2) is 12.2 Å². The van der Waals surface area contributed by atoms with Crippen LogP contribution in [0.25, 0.3) is 0 Å². The monoisotopic (exact) mass is 284 g/mol. The number of esters is 1. The van der Waals surface area contributed by atoms with Gasteiger partial charge >= 0.3 is 5.97 Å². The molecule has 0 rings (SSSR count). The predicted molar refractivity (Wildman–Crippen MR) is 75.3 cm³/mol. The zero-order valence-corrected chi connectivity index (χ0v) is 12.7. The molecular formula is C15H24O5. The summed E-state index contributed by atoms with van der Waals surface area (Å²) in [6, 6.07) is 0. The first-order valence-electron chi connectivity index (χ1n) is 6.71. The van der Waals surface area contributed by atoms with E-state index >= 15 is 0 Å². The quantitative estimate of drug-likeness (QED) is 0.349. The van der Waals surface area contributed by atoms with Crippen LogP contribution < -0.4 is 0 Å². The highest BCUT2D eigenvalue weighted by Crippen LogP contribution is 2.25. The summed E-state index contributed by atoms with van der Waals surface area (Å²) >= 11 is 0. The van der Waals surface area contributed by atoms with Crippen molar-refractivity contribution in [2.45, 2.75) is 64.8 Å². The van der Waals surface area contributed by atoms with Crippen LogP contribution in [-0.4, -0.2) is 36.4 Å². The molecule has 0 aliphatic rings. The summed E-state index contributed by atoms with van der Waals surface area (Å²) < 4.78 is 10.9. The summed E-state index contributed by atoms with van der Waals surface area (Å²) in [6.07, 6.45) is 1.23. The number of ether oxygens (including phenoxy) is 2. The van der Waals surface area contributed by atoms with Crippen molar-refractivity contribution in [2.24, 2.45) is 0 Å². The zero-order valence-electron chi connectivity index (χ0n) is 12.7. The van der Waals surface area contributed by atoms with E-state index in [4.69, 9.17) is 9.47 Å². The highest BCUT2D eigenvalue weighted by molar-refractivity contribution is 5.87. The van der Waals surface area contributed by atoms with Gasteiger partial charge in [-0.05, 0) is 27.2 Å². The average molecular weight is 284 g/mol. The van der Waals surface area contributed by atoms with Crippen molar-refractivity contribution in [3.8, 4) is 0 Å². The van der Waals surface area contributed by atoms with Gasteiger partial charge in [0, 0.05) is 18.4 Å². The number of aldehydes is 2. The summed E-state index contributed by atoms with van der Waals surface area (Å²) in [4.78, 5) is 32.8. The lowest BCUT2D eigenvalue weighted by Crippen LogP contribution is -2.38. The third kappa shape index (κ3) is 6.61. The van der Waals surface area contributed by atoms with Gasteiger partial charge in [-0.25, -0.2) is 4.79 Å². The number of rotatable bonds is 10. The topological polar surface area (TPSA) is 69.7 Å². The standard InChI is InChI=1S/C15H24O5/c1-6-15(5,20-13(10-17)7-8-16)9-12(4)19-14(18)11(2)3/h8,10,12-13H,2,6-7,9H2,1,3-5H3. The molecule has 0 saturated heterocycles. The summed E-state index contributed by atoms with van der Waals surface area (Å²) in [6.45, 7) is 10.6. The van der Waals surface area contributed by atoms with Gasteiger partial charge in [-0.1, -0.05) is 13.5 Å². The molecule has 0 bridgehead atoms. The molecule has 0 fully saturated rings. The number of hydrogen-bond donors (Lipinski definition) is 0. The minimum Gasteiger partial charge on any atom is -0.459 e. The largest absolute Gasteiger partial charge is 0.459 e. The van der Waals surface area contributed by atoms with E-state index in [0.717, 1.165) is 0 Å². The Morgan fingerprint density at radius 1 is 1.40 bits per heavy atom. The normalized spacial score (nSPS) is 16.6. The summed E-state index contributed by atoms with van der Waals surface area (Å²) in [7, 11) is 0. The molecular weight excluding hydrogens is 260 g/mol. The van der Waals surface area contributed by atoms with Crippen LogP contribution in [0.1, 0.15) is 47.0 Å². The van der Waals surface area contributed by atoms with E-state index in [0.29, 0.717) is 31.0 Å². The van der Waals surface area contributed by atoms with E-state index in [1.807, 2.05) is 13.8 Å². The lowest BCUT2D eigenvalue weighted by Gasteiger charge is -2.33. The molecule has 0 aliphatic heterocycles. The first-order valence-corrected chi connectivity index (χ1v) is 6.71. The molecule has 5 nitrogen and oxygen atoms in total. The minimum atomic E-state index is -0.763. The van der Waals surface area contributed by atoms with Gasteiger partial charge in [0.05, 0.1) is 5.60 Å². The van der Waals surface area contributed by atoms with Crippen molar-refractivity contribution in [1.82, 2.24) is 0 Å². The third-order valence-electron chi connectivity index (χ3n) is 3.04. The van der Waals surface area contributed by atoms with Crippen LogP contribution in [0.3, 0.4) is 0 Å². The van der Waals surface area contributed by atoms with Crippen LogP contribution in [-0.2, 0) is 23.9 Å². The lowest BCUT2D eigenvalue weighted by molar-refractivity contribution is -0.153. The molecule has 5 heteroatoms. The molecule has 0 aliphatic carbocycles. The second-order valence-electron chi connectivity index (χ2n) is 5.20. The highest BCUT2D eigenvalue weighted by atomic mass is 16.5. The molecule has 0 radical (unpaired) electrons. The van der Waals surface area contributed by atoms with Crippen LogP contribution >= 0.6 is 0 Å². The Morgan fingerprint density at radius 3 is 2.40 bits per heavy atom. The summed E-state index contributed by atoms with van der Waals surface area (Å²) in [5, 5.41) is 0. The van der Waals surface area contributed by atoms with Gasteiger partial charge in [0.1, 0.15) is 24.8 Å². The molecule has 3 atom stereocenters. The van der Waals surface area contributed by atoms with Crippen molar-refractivity contribution in [3.05, 3.63) is 12.2 Å². The van der Waals surface area contributed by atoms with Gasteiger partial charge in [0.2, 0.25) is 0 Å². The zero-order chi connectivity index (χ0) is 15.8. The fourth-order valence-corrected chi connectivity index (χ4v) is 1.80. The molecule has 0 N–H and O–H groups in total. The molecule has 0 aromatic carbocycles. The van der Waals surface area contributed by atoms with Gasteiger partial charge in [-0.2, -0.15) is 0 Å². The van der Waals surface area contributed by atoms with Crippen LogP contribution in [0.5, 0.6) is 0 Å². The molecule has 20 heavy (non-hydrogen) atoms. The second kappa shape index (κ2) is 8.64. The maximum atomic E-state index is 11.4. The molecule has 0 amide bonds. The average Bonchev–Trinajstić information content (AvgIpc) is 2.37. The molecule has 0 aromatic heterocycles. The van der Waals surface area contributed by atoms with Crippen molar-refractivity contribution in [1.29, 1.82) is 0 Å². The Balaban J connectivity index is 4.63. The van der Waals surface area contributed by atoms with Gasteiger partial charge in [0.25, 0.3) is 0 Å². The number of carbonyl (C=O) groups excluding carboxylic acids is 3. The van der Waals surface area contributed by atoms with Crippen LogP contribution in [0.4, 0.5) is 0 Å². The highest BCUT2D eigenvalue weighted by Gasteiger charge is 2.30. The molecule has 0 heterocycles. The Labute approximate surface area is 120 Å². The van der Waals surface area contributed by atoms with E-state index in [1.165, 1.54) is 0 Å². The smallest absolute Gasteiger partial charge is 0.333 e. The van der Waals surface area contributed by atoms with E-state index in [2.05, 4.69) is 6.58 Å². The molecule has 0 spiro atoms. The van der Waals surface area contributed by atoms with Crippen molar-refractivity contribution in [2.75, 3.05) is 0 Å². The SMILES string of the molecule is C=C(C)C(=O)OC(C)CC(C)(CC)OC(C=O)CC=O. The summed E-state index contributed by atoms with van der Waals surface area (Å²) in [5.41, 5.74) is -0.300. The predicted octanol–water partition coefficient (Wildman–Crippen LogP) is 2.23. The summed E-state index contributed by atoms with van der Waals surface area (Å²) in [5.74, 6) is -0.448. The first kappa shape index (κ1) is 18.5. The van der Waals surface area contributed by atoms with Crippen molar-refractivity contribution >= 4 is 18.5 Å². The minimum absolute atomic E-state index is 0.0268. The second-order valence-corrected chi connectivity index (χ2v) is 5.20. The van der Waals surface area contributed by atoms with Gasteiger partial charge in [-0.15, -0.1) is 0 Å². The first-order chi connectivity index (χ1) is 9.27. The Hall–Kier alpha value is -1.49. The van der Waals surface area contributed by atoms with Crippen molar-refractivity contribution in [3.63, 3.8) is 0 Å². The molecule has 114 valence electrons. The van der Waals surface area contributed by atoms with Crippen LogP contribution in [0, 0.1) is 0 Å². The fourth-order valence-electron chi connectivity index (χ4n) is 1.80. The Morgan fingerprint density at radius 2 is 2.00 bits per heavy atom. The van der Waals surface area contributed by atoms with E-state index in [-0.39, 0.29) is 12.5 Å². The maximum absolute atomic E-state index is 11.4. The third-order valence-corrected chi connectivity index (χ3v) is 3.04. The van der Waals surface area contributed by atoms with Crippen molar-refractivity contribution < 1.29 is 23.9 Å². The number of carbonyl (C=O) groups is 3. The van der Waals surface area contributed by atoms with E-state index in [1.54, 1.807) is 13.8 Å². The molecule has 0 aromatic rings. The Bertz CT molecular complexity index is 363. The van der Waals surface area contributed by atoms with Crippen LogP contribution in [0.2, 0.25) is 0 Å². The van der Waals surface area contributed by atoms with Gasteiger partial charge in [-0.3, -0.25) is 0 Å². The molecule has 3 unspecified atom stereocenters.